The average Bonchev–Trinajstić information content (AvgIpc) is 2.92. The molecule has 4 aliphatic rings. The molecule has 0 aliphatic heterocycles. The quantitative estimate of drug-likeness (QED) is 0.563. The zero-order chi connectivity index (χ0) is 18.7. The molecule has 3 fully saturated rings. The topological polar surface area (TPSA) is 20.2 Å². The van der Waals surface area contributed by atoms with Crippen molar-refractivity contribution < 1.29 is 5.11 Å². The van der Waals surface area contributed by atoms with Gasteiger partial charge in [-0.1, -0.05) is 46.3 Å². The lowest BCUT2D eigenvalue weighted by atomic mass is 9.47. The van der Waals surface area contributed by atoms with E-state index in [9.17, 15) is 5.11 Å². The summed E-state index contributed by atoms with van der Waals surface area (Å²) in [5, 5.41) is 10.2. The van der Waals surface area contributed by atoms with Crippen LogP contribution in [0.15, 0.2) is 11.6 Å². The predicted molar refractivity (Wildman–Crippen MR) is 110 cm³/mol. The molecule has 0 aromatic rings. The fourth-order valence-electron chi connectivity index (χ4n) is 8.52. The van der Waals surface area contributed by atoms with Gasteiger partial charge in [0.15, 0.2) is 0 Å². The van der Waals surface area contributed by atoms with Crippen molar-refractivity contribution in [2.75, 3.05) is 0 Å². The third-order valence-electron chi connectivity index (χ3n) is 9.68. The fourth-order valence-corrected chi connectivity index (χ4v) is 8.52. The smallest absolute Gasteiger partial charge is 0.0577 e. The summed E-state index contributed by atoms with van der Waals surface area (Å²) in [6.07, 6.45) is 14.3. The van der Waals surface area contributed by atoms with Crippen molar-refractivity contribution in [2.45, 2.75) is 98.5 Å². The first-order chi connectivity index (χ1) is 12.3. The van der Waals surface area contributed by atoms with Gasteiger partial charge < -0.3 is 5.11 Å². The van der Waals surface area contributed by atoms with E-state index in [-0.39, 0.29) is 6.10 Å². The molecule has 1 N–H and O–H groups in total. The van der Waals surface area contributed by atoms with E-state index in [4.69, 9.17) is 0 Å². The molecule has 0 heterocycles. The van der Waals surface area contributed by atoms with Gasteiger partial charge in [-0.25, -0.2) is 0 Å². The summed E-state index contributed by atoms with van der Waals surface area (Å²) < 4.78 is 0. The number of hydrogen-bond donors (Lipinski definition) is 1. The van der Waals surface area contributed by atoms with E-state index in [2.05, 4.69) is 40.7 Å². The van der Waals surface area contributed by atoms with E-state index in [0.29, 0.717) is 10.8 Å². The molecule has 6 unspecified atom stereocenters. The second kappa shape index (κ2) is 6.64. The fraction of sp³-hybridized carbons (Fsp3) is 0.920. The Morgan fingerprint density at radius 1 is 1.04 bits per heavy atom. The van der Waals surface area contributed by atoms with Crippen LogP contribution < -0.4 is 0 Å². The Morgan fingerprint density at radius 3 is 2.54 bits per heavy atom. The highest BCUT2D eigenvalue weighted by Gasteiger charge is 2.59. The summed E-state index contributed by atoms with van der Waals surface area (Å²) in [4.78, 5) is 0. The molecule has 148 valence electrons. The van der Waals surface area contributed by atoms with Crippen LogP contribution in [0.5, 0.6) is 0 Å². The van der Waals surface area contributed by atoms with Crippen LogP contribution in [0.25, 0.3) is 0 Å². The lowest BCUT2D eigenvalue weighted by molar-refractivity contribution is -0.0577. The Balaban J connectivity index is 1.58. The third kappa shape index (κ3) is 2.83. The van der Waals surface area contributed by atoms with Crippen LogP contribution in [-0.2, 0) is 0 Å². The minimum absolute atomic E-state index is 0.0764. The van der Waals surface area contributed by atoms with Crippen molar-refractivity contribution in [3.05, 3.63) is 11.6 Å². The van der Waals surface area contributed by atoms with Crippen LogP contribution in [0.3, 0.4) is 0 Å². The molecule has 0 aromatic carbocycles. The van der Waals surface area contributed by atoms with Gasteiger partial charge in [-0.15, -0.1) is 0 Å². The maximum Gasteiger partial charge on any atom is 0.0577 e. The molecule has 26 heavy (non-hydrogen) atoms. The van der Waals surface area contributed by atoms with Crippen LogP contribution in [0.2, 0.25) is 0 Å². The monoisotopic (exact) mass is 358 g/mol. The Bertz CT molecular complexity index is 563. The molecule has 4 aliphatic carbocycles. The Kier molecular flexibility index (Phi) is 4.86. The van der Waals surface area contributed by atoms with Crippen LogP contribution in [-0.4, -0.2) is 11.2 Å². The Hall–Kier alpha value is -0.300. The van der Waals surface area contributed by atoms with Gasteiger partial charge in [0.1, 0.15) is 0 Å². The zero-order valence-corrected chi connectivity index (χ0v) is 17.9. The second-order valence-electron chi connectivity index (χ2n) is 11.5. The number of allylic oxidation sites excluding steroid dienone is 1. The van der Waals surface area contributed by atoms with Gasteiger partial charge in [-0.05, 0) is 104 Å². The standard InChI is InChI=1S/C25H42O/c1-16(2)14-17(3)21-8-9-22-20-7-6-18-15-19(26)10-12-24(18,4)23(20)11-13-25(21,22)5/h6,16-17,19-23,26H,7-15H2,1-5H3/t17-,19+,20?,21?,22?,23?,24?,25?/m1/s1. The maximum atomic E-state index is 10.2. The van der Waals surface area contributed by atoms with Crippen molar-refractivity contribution in [1.82, 2.24) is 0 Å². The van der Waals surface area contributed by atoms with E-state index in [1.54, 1.807) is 5.57 Å². The van der Waals surface area contributed by atoms with Crippen molar-refractivity contribution in [2.24, 2.45) is 46.3 Å². The van der Waals surface area contributed by atoms with Gasteiger partial charge in [-0.3, -0.25) is 0 Å². The van der Waals surface area contributed by atoms with Crippen molar-refractivity contribution in [1.29, 1.82) is 0 Å². The van der Waals surface area contributed by atoms with Crippen molar-refractivity contribution in [3.63, 3.8) is 0 Å². The molecule has 1 heteroatoms. The highest BCUT2D eigenvalue weighted by Crippen LogP contribution is 2.67. The van der Waals surface area contributed by atoms with Crippen LogP contribution >= 0.6 is 0 Å². The summed E-state index contributed by atoms with van der Waals surface area (Å²) >= 11 is 0. The second-order valence-corrected chi connectivity index (χ2v) is 11.5. The van der Waals surface area contributed by atoms with Crippen molar-refractivity contribution >= 4 is 0 Å². The predicted octanol–water partition coefficient (Wildman–Crippen LogP) is 6.61. The third-order valence-corrected chi connectivity index (χ3v) is 9.68. The number of hydrogen-bond acceptors (Lipinski definition) is 1. The first kappa shape index (κ1) is 19.0. The van der Waals surface area contributed by atoms with Gasteiger partial charge in [0.25, 0.3) is 0 Å². The molecule has 0 radical (unpaired) electrons. The van der Waals surface area contributed by atoms with Gasteiger partial charge in [0.05, 0.1) is 6.10 Å². The number of fused-ring (bicyclic) bond motifs is 5. The first-order valence-corrected chi connectivity index (χ1v) is 11.6. The molecule has 0 amide bonds. The largest absolute Gasteiger partial charge is 0.393 e. The molecule has 0 spiro atoms. The van der Waals surface area contributed by atoms with E-state index >= 15 is 0 Å². The van der Waals surface area contributed by atoms with Gasteiger partial charge >= 0.3 is 0 Å². The molecule has 0 saturated heterocycles. The molecule has 4 rings (SSSR count). The normalized spacial score (nSPS) is 49.2. The molecule has 8 atom stereocenters. The summed E-state index contributed by atoms with van der Waals surface area (Å²) in [5.41, 5.74) is 2.60. The minimum Gasteiger partial charge on any atom is -0.393 e. The summed E-state index contributed by atoms with van der Waals surface area (Å²) in [6, 6.07) is 0. The average molecular weight is 359 g/mol. The SMILES string of the molecule is CC(C)C[C@@H](C)C1CCC2C3CC=C4C[C@@H](O)CCC4(C)C3CCC21C. The minimum atomic E-state index is -0.0764. The van der Waals surface area contributed by atoms with Gasteiger partial charge in [-0.2, -0.15) is 0 Å². The number of aliphatic hydroxyl groups is 1. The molecule has 1 nitrogen and oxygen atoms in total. The Morgan fingerprint density at radius 2 is 1.81 bits per heavy atom. The zero-order valence-electron chi connectivity index (χ0n) is 17.9. The highest BCUT2D eigenvalue weighted by molar-refractivity contribution is 5.25. The summed E-state index contributed by atoms with van der Waals surface area (Å²) in [5.74, 6) is 5.40. The number of rotatable bonds is 3. The summed E-state index contributed by atoms with van der Waals surface area (Å²) in [7, 11) is 0. The van der Waals surface area contributed by atoms with Gasteiger partial charge in [0.2, 0.25) is 0 Å². The van der Waals surface area contributed by atoms with E-state index in [0.717, 1.165) is 48.3 Å². The molecule has 3 saturated carbocycles. The van der Waals surface area contributed by atoms with E-state index in [1.165, 1.54) is 44.9 Å². The molecular formula is C25H42O. The molecule has 0 aromatic heterocycles. The lowest BCUT2D eigenvalue weighted by Crippen LogP contribution is -2.50. The lowest BCUT2D eigenvalue weighted by Gasteiger charge is -2.58. The highest BCUT2D eigenvalue weighted by atomic mass is 16.3. The number of aliphatic hydroxyl groups excluding tert-OH is 1. The summed E-state index contributed by atoms with van der Waals surface area (Å²) in [6.45, 7) is 12.6. The maximum absolute atomic E-state index is 10.2. The van der Waals surface area contributed by atoms with E-state index in [1.807, 2.05) is 0 Å². The molecular weight excluding hydrogens is 316 g/mol. The molecule has 0 bridgehead atoms. The van der Waals surface area contributed by atoms with E-state index < -0.39 is 0 Å². The van der Waals surface area contributed by atoms with Crippen LogP contribution in [0.1, 0.15) is 92.4 Å². The Labute approximate surface area is 162 Å². The van der Waals surface area contributed by atoms with Crippen LogP contribution in [0, 0.1) is 46.3 Å². The van der Waals surface area contributed by atoms with Gasteiger partial charge in [0, 0.05) is 0 Å². The van der Waals surface area contributed by atoms with Crippen molar-refractivity contribution in [3.8, 4) is 0 Å². The first-order valence-electron chi connectivity index (χ1n) is 11.6. The van der Waals surface area contributed by atoms with Crippen LogP contribution in [0.4, 0.5) is 0 Å².